The molecule has 0 aliphatic carbocycles. The first-order valence-electron chi connectivity index (χ1n) is 9.11. The van der Waals surface area contributed by atoms with Gasteiger partial charge in [0, 0.05) is 12.3 Å². The summed E-state index contributed by atoms with van der Waals surface area (Å²) in [5.41, 5.74) is 5.81. The number of nitrogens with one attached hydrogen (secondary N) is 2. The molecule has 1 aromatic heterocycles. The molecule has 3 rings (SSSR count). The van der Waals surface area contributed by atoms with Gasteiger partial charge in [-0.3, -0.25) is 14.4 Å². The molecule has 0 spiro atoms. The van der Waals surface area contributed by atoms with Gasteiger partial charge in [0.25, 0.3) is 11.5 Å². The highest BCUT2D eigenvalue weighted by Gasteiger charge is 2.31. The van der Waals surface area contributed by atoms with Gasteiger partial charge in [0.05, 0.1) is 17.9 Å². The summed E-state index contributed by atoms with van der Waals surface area (Å²) in [6.45, 7) is 1.86. The summed E-state index contributed by atoms with van der Waals surface area (Å²) in [5.74, 6) is 2.33. The minimum Gasteiger partial charge on any atom is -0.490 e. The van der Waals surface area contributed by atoms with Crippen molar-refractivity contribution < 1.29 is 19.1 Å². The standard InChI is InChI=1S/C20H20N4O5S/c1-3-7-30-20-23-18-17(19(27)24-20)12(9-16(26)22-18)11-5-6-13(29-10-15(21)25)14(8-11)28-4-2/h1,5-6,8,12H,4,7,9-10H2,2H3,(H2,21,25)(H2,22,23,24,26,27)/t12-/m1/s1. The van der Waals surface area contributed by atoms with Crippen LogP contribution in [0.15, 0.2) is 28.2 Å². The molecule has 0 fully saturated rings. The van der Waals surface area contributed by atoms with Gasteiger partial charge in [-0.25, -0.2) is 4.98 Å². The van der Waals surface area contributed by atoms with Crippen LogP contribution in [-0.4, -0.2) is 40.7 Å². The molecule has 1 aliphatic heterocycles. The fraction of sp³-hybridized carbons (Fsp3) is 0.300. The predicted molar refractivity (Wildman–Crippen MR) is 112 cm³/mol. The number of carbonyl (C=O) groups excluding carboxylic acids is 2. The van der Waals surface area contributed by atoms with Crippen LogP contribution in [0.1, 0.15) is 30.4 Å². The van der Waals surface area contributed by atoms with E-state index in [1.165, 1.54) is 11.8 Å². The number of thioether (sulfide) groups is 1. The zero-order valence-corrected chi connectivity index (χ0v) is 17.0. The van der Waals surface area contributed by atoms with Crippen molar-refractivity contribution in [3.63, 3.8) is 0 Å². The van der Waals surface area contributed by atoms with Crippen LogP contribution in [0.5, 0.6) is 11.5 Å². The molecule has 1 atom stereocenters. The highest BCUT2D eigenvalue weighted by molar-refractivity contribution is 7.99. The smallest absolute Gasteiger partial charge is 0.257 e. The van der Waals surface area contributed by atoms with Crippen molar-refractivity contribution >= 4 is 29.4 Å². The van der Waals surface area contributed by atoms with E-state index in [1.807, 2.05) is 0 Å². The number of terminal acetylenes is 1. The van der Waals surface area contributed by atoms with E-state index in [2.05, 4.69) is 21.2 Å². The minimum absolute atomic E-state index is 0.0711. The molecule has 2 amide bonds. The van der Waals surface area contributed by atoms with Crippen molar-refractivity contribution in [2.45, 2.75) is 24.4 Å². The molecule has 4 N–H and O–H groups in total. The Morgan fingerprint density at radius 3 is 2.87 bits per heavy atom. The number of hydrogen-bond donors (Lipinski definition) is 3. The number of rotatable bonds is 8. The van der Waals surface area contributed by atoms with Crippen molar-refractivity contribution in [3.8, 4) is 23.8 Å². The lowest BCUT2D eigenvalue weighted by atomic mass is 9.86. The van der Waals surface area contributed by atoms with Crippen molar-refractivity contribution in [2.24, 2.45) is 5.73 Å². The van der Waals surface area contributed by atoms with Gasteiger partial charge < -0.3 is 25.5 Å². The van der Waals surface area contributed by atoms with Gasteiger partial charge >= 0.3 is 0 Å². The summed E-state index contributed by atoms with van der Waals surface area (Å²) in [6.07, 6.45) is 5.32. The van der Waals surface area contributed by atoms with E-state index < -0.39 is 11.8 Å². The molecular weight excluding hydrogens is 408 g/mol. The fourth-order valence-electron chi connectivity index (χ4n) is 3.09. The number of ether oxygens (including phenoxy) is 2. The first kappa shape index (κ1) is 21.3. The summed E-state index contributed by atoms with van der Waals surface area (Å²) < 4.78 is 11.0. The van der Waals surface area contributed by atoms with Gasteiger partial charge in [0.1, 0.15) is 5.82 Å². The molecule has 0 unspecified atom stereocenters. The Morgan fingerprint density at radius 2 is 2.17 bits per heavy atom. The zero-order valence-electron chi connectivity index (χ0n) is 16.2. The quantitative estimate of drug-likeness (QED) is 0.327. The average molecular weight is 428 g/mol. The van der Waals surface area contributed by atoms with E-state index in [0.29, 0.717) is 40.1 Å². The van der Waals surface area contributed by atoms with Crippen LogP contribution >= 0.6 is 11.8 Å². The van der Waals surface area contributed by atoms with E-state index in [9.17, 15) is 14.4 Å². The van der Waals surface area contributed by atoms with E-state index in [-0.39, 0.29) is 30.3 Å². The SMILES string of the molecule is C#CCSc1nc2c(c(=O)[nH]1)[C@@H](c1ccc(OCC(N)=O)c(OCC)c1)CC(=O)N2. The molecule has 156 valence electrons. The minimum atomic E-state index is -0.615. The van der Waals surface area contributed by atoms with Crippen molar-refractivity contribution in [1.29, 1.82) is 0 Å². The molecule has 0 bridgehead atoms. The Hall–Kier alpha value is -3.45. The third-order valence-corrected chi connectivity index (χ3v) is 5.04. The second kappa shape index (κ2) is 9.37. The van der Waals surface area contributed by atoms with Crippen molar-refractivity contribution in [2.75, 3.05) is 24.3 Å². The normalized spacial score (nSPS) is 14.9. The van der Waals surface area contributed by atoms with Gasteiger partial charge in [0.2, 0.25) is 5.91 Å². The second-order valence-corrected chi connectivity index (χ2v) is 7.29. The Balaban J connectivity index is 2.01. The van der Waals surface area contributed by atoms with Crippen LogP contribution in [0.4, 0.5) is 5.82 Å². The summed E-state index contributed by atoms with van der Waals surface area (Å²) in [5, 5.41) is 2.99. The molecular formula is C20H20N4O5S. The molecule has 1 aliphatic rings. The summed E-state index contributed by atoms with van der Waals surface area (Å²) in [7, 11) is 0. The molecule has 2 aromatic rings. The highest BCUT2D eigenvalue weighted by Crippen LogP contribution is 2.38. The first-order valence-corrected chi connectivity index (χ1v) is 10.1. The molecule has 10 heteroatoms. The lowest BCUT2D eigenvalue weighted by Crippen LogP contribution is -2.31. The van der Waals surface area contributed by atoms with Crippen LogP contribution in [-0.2, 0) is 9.59 Å². The number of carbonyl (C=O) groups is 2. The topological polar surface area (TPSA) is 136 Å². The number of amides is 2. The van der Waals surface area contributed by atoms with Crippen LogP contribution in [0.25, 0.3) is 0 Å². The summed E-state index contributed by atoms with van der Waals surface area (Å²) >= 11 is 1.20. The molecule has 2 heterocycles. The number of aromatic nitrogens is 2. The Kier molecular flexibility index (Phi) is 6.64. The first-order chi connectivity index (χ1) is 14.4. The second-order valence-electron chi connectivity index (χ2n) is 6.33. The van der Waals surface area contributed by atoms with Gasteiger partial charge in [-0.1, -0.05) is 23.7 Å². The van der Waals surface area contributed by atoms with Crippen LogP contribution in [0, 0.1) is 12.3 Å². The Morgan fingerprint density at radius 1 is 1.37 bits per heavy atom. The van der Waals surface area contributed by atoms with Crippen molar-refractivity contribution in [1.82, 2.24) is 9.97 Å². The van der Waals surface area contributed by atoms with E-state index in [4.69, 9.17) is 21.6 Å². The summed E-state index contributed by atoms with van der Waals surface area (Å²) in [6, 6.07) is 5.02. The number of aromatic amines is 1. The number of nitrogens with zero attached hydrogens (tertiary/aromatic N) is 1. The third-order valence-electron chi connectivity index (χ3n) is 4.26. The number of benzene rings is 1. The third kappa shape index (κ3) is 4.75. The number of anilines is 1. The zero-order chi connectivity index (χ0) is 21.7. The van der Waals surface area contributed by atoms with Crippen molar-refractivity contribution in [3.05, 3.63) is 39.7 Å². The number of hydrogen-bond acceptors (Lipinski definition) is 7. The predicted octanol–water partition coefficient (Wildman–Crippen LogP) is 1.23. The molecule has 0 saturated carbocycles. The maximum absolute atomic E-state index is 12.8. The van der Waals surface area contributed by atoms with E-state index in [1.54, 1.807) is 25.1 Å². The molecule has 0 radical (unpaired) electrons. The lowest BCUT2D eigenvalue weighted by Gasteiger charge is -2.25. The van der Waals surface area contributed by atoms with Gasteiger partial charge in [0.15, 0.2) is 23.3 Å². The maximum Gasteiger partial charge on any atom is 0.257 e. The Bertz CT molecular complexity index is 1080. The number of H-pyrrole nitrogens is 1. The summed E-state index contributed by atoms with van der Waals surface area (Å²) in [4.78, 5) is 43.1. The average Bonchev–Trinajstić information content (AvgIpc) is 2.70. The van der Waals surface area contributed by atoms with Gasteiger partial charge in [-0.05, 0) is 24.6 Å². The maximum atomic E-state index is 12.8. The van der Waals surface area contributed by atoms with Gasteiger partial charge in [-0.15, -0.1) is 6.42 Å². The van der Waals surface area contributed by atoms with Crippen LogP contribution < -0.4 is 26.1 Å². The molecule has 30 heavy (non-hydrogen) atoms. The fourth-order valence-corrected chi connectivity index (χ4v) is 3.63. The number of fused-ring (bicyclic) bond motifs is 1. The van der Waals surface area contributed by atoms with Gasteiger partial charge in [-0.2, -0.15) is 0 Å². The number of primary amides is 1. The lowest BCUT2D eigenvalue weighted by molar-refractivity contribution is -0.120. The van der Waals surface area contributed by atoms with E-state index in [0.717, 1.165) is 0 Å². The monoisotopic (exact) mass is 428 g/mol. The Labute approximate surface area is 176 Å². The largest absolute Gasteiger partial charge is 0.490 e. The molecule has 9 nitrogen and oxygen atoms in total. The molecule has 1 aromatic carbocycles. The number of nitrogens with two attached hydrogens (primary N) is 1. The van der Waals surface area contributed by atoms with Crippen LogP contribution in [0.3, 0.4) is 0 Å². The molecule has 0 saturated heterocycles. The van der Waals surface area contributed by atoms with E-state index >= 15 is 0 Å². The van der Waals surface area contributed by atoms with Crippen LogP contribution in [0.2, 0.25) is 0 Å². The highest BCUT2D eigenvalue weighted by atomic mass is 32.2.